The molecule has 0 fully saturated rings. The van der Waals surface area contributed by atoms with Crippen LogP contribution in [0.15, 0.2) is 60.7 Å². The third kappa shape index (κ3) is 11.2. The highest BCUT2D eigenvalue weighted by molar-refractivity contribution is 5.92. The number of benzene rings is 2. The van der Waals surface area contributed by atoms with Gasteiger partial charge in [0.1, 0.15) is 11.6 Å². The number of amides is 2. The van der Waals surface area contributed by atoms with Crippen LogP contribution in [0.25, 0.3) is 12.2 Å². The Balaban J connectivity index is 1.42. The van der Waals surface area contributed by atoms with Crippen LogP contribution in [-0.4, -0.2) is 24.9 Å². The predicted octanol–water partition coefficient (Wildman–Crippen LogP) is 5.26. The van der Waals surface area contributed by atoms with Gasteiger partial charge in [0.2, 0.25) is 11.8 Å². The quantitative estimate of drug-likeness (QED) is 0.330. The number of hydrogen-bond donors (Lipinski definition) is 2. The minimum atomic E-state index is -0.299. The van der Waals surface area contributed by atoms with E-state index in [2.05, 4.69) is 10.6 Å². The molecule has 0 aromatic heterocycles. The Labute approximate surface area is 188 Å². The van der Waals surface area contributed by atoms with E-state index < -0.39 is 0 Å². The highest BCUT2D eigenvalue weighted by atomic mass is 19.1. The molecule has 0 saturated heterocycles. The van der Waals surface area contributed by atoms with Crippen molar-refractivity contribution in [1.29, 1.82) is 0 Å². The SMILES string of the molecule is O=C(/C=C/c1ccc(F)cc1)NCCCCCCCCNC(=O)/C=C/c1ccc(F)cc1. The Hall–Kier alpha value is -3.28. The Kier molecular flexibility index (Phi) is 11.5. The number of nitrogens with one attached hydrogen (secondary N) is 2. The maximum Gasteiger partial charge on any atom is 0.243 e. The van der Waals surface area contributed by atoms with Crippen LogP contribution in [0, 0.1) is 11.6 Å². The molecule has 0 spiro atoms. The van der Waals surface area contributed by atoms with Gasteiger partial charge in [-0.2, -0.15) is 0 Å². The van der Waals surface area contributed by atoms with E-state index in [0.717, 1.165) is 49.7 Å². The summed E-state index contributed by atoms with van der Waals surface area (Å²) in [5, 5.41) is 5.68. The summed E-state index contributed by atoms with van der Waals surface area (Å²) in [5.41, 5.74) is 1.56. The normalized spacial score (nSPS) is 11.2. The predicted molar refractivity (Wildman–Crippen MR) is 125 cm³/mol. The Morgan fingerprint density at radius 3 is 1.31 bits per heavy atom. The van der Waals surface area contributed by atoms with Gasteiger partial charge in [0.15, 0.2) is 0 Å². The molecule has 0 aliphatic rings. The Morgan fingerprint density at radius 1 is 0.594 bits per heavy atom. The van der Waals surface area contributed by atoms with Gasteiger partial charge in [-0.25, -0.2) is 8.78 Å². The molecule has 0 heterocycles. The van der Waals surface area contributed by atoms with Crippen molar-refractivity contribution >= 4 is 24.0 Å². The van der Waals surface area contributed by atoms with Gasteiger partial charge in [0.25, 0.3) is 0 Å². The molecule has 0 unspecified atom stereocenters. The van der Waals surface area contributed by atoms with Crippen LogP contribution in [0.1, 0.15) is 49.7 Å². The van der Waals surface area contributed by atoms with Crippen LogP contribution >= 0.6 is 0 Å². The summed E-state index contributed by atoms with van der Waals surface area (Å²) < 4.78 is 25.7. The molecule has 6 heteroatoms. The number of carbonyl (C=O) groups excluding carboxylic acids is 2. The molecule has 0 saturated carbocycles. The molecule has 0 aliphatic heterocycles. The van der Waals surface area contributed by atoms with Gasteiger partial charge in [0.05, 0.1) is 0 Å². The lowest BCUT2D eigenvalue weighted by molar-refractivity contribution is -0.117. The maximum absolute atomic E-state index is 12.8. The first-order chi connectivity index (χ1) is 15.5. The fourth-order valence-corrected chi connectivity index (χ4v) is 2.99. The molecule has 32 heavy (non-hydrogen) atoms. The largest absolute Gasteiger partial charge is 0.353 e. The number of unbranched alkanes of at least 4 members (excludes halogenated alkanes) is 5. The monoisotopic (exact) mass is 440 g/mol. The molecule has 0 radical (unpaired) electrons. The van der Waals surface area contributed by atoms with E-state index >= 15 is 0 Å². The Bertz CT molecular complexity index is 816. The third-order valence-corrected chi connectivity index (χ3v) is 4.80. The van der Waals surface area contributed by atoms with E-state index in [0.29, 0.717) is 13.1 Å². The Morgan fingerprint density at radius 2 is 0.938 bits per heavy atom. The van der Waals surface area contributed by atoms with Crippen molar-refractivity contribution in [2.75, 3.05) is 13.1 Å². The molecule has 0 bridgehead atoms. The summed E-state index contributed by atoms with van der Waals surface area (Å²) in [5.74, 6) is -0.906. The fourth-order valence-electron chi connectivity index (χ4n) is 2.99. The molecule has 2 rings (SSSR count). The van der Waals surface area contributed by atoms with Crippen LogP contribution in [0.3, 0.4) is 0 Å². The van der Waals surface area contributed by atoms with E-state index in [9.17, 15) is 18.4 Å². The number of carbonyl (C=O) groups is 2. The van der Waals surface area contributed by atoms with Crippen molar-refractivity contribution in [3.63, 3.8) is 0 Å². The van der Waals surface area contributed by atoms with Gasteiger partial charge in [-0.05, 0) is 60.4 Å². The van der Waals surface area contributed by atoms with Crippen LogP contribution in [0.4, 0.5) is 8.78 Å². The van der Waals surface area contributed by atoms with Crippen molar-refractivity contribution in [3.8, 4) is 0 Å². The third-order valence-electron chi connectivity index (χ3n) is 4.80. The summed E-state index contributed by atoms with van der Waals surface area (Å²) >= 11 is 0. The van der Waals surface area contributed by atoms with Crippen molar-refractivity contribution < 1.29 is 18.4 Å². The lowest BCUT2D eigenvalue weighted by Crippen LogP contribution is -2.22. The molecular formula is C26H30F2N2O2. The van der Waals surface area contributed by atoms with Crippen molar-refractivity contribution in [1.82, 2.24) is 10.6 Å². The van der Waals surface area contributed by atoms with Crippen molar-refractivity contribution in [2.24, 2.45) is 0 Å². The topological polar surface area (TPSA) is 58.2 Å². The fraction of sp³-hybridized carbons (Fsp3) is 0.308. The zero-order valence-corrected chi connectivity index (χ0v) is 18.2. The standard InChI is InChI=1S/C26H30F2N2O2/c27-23-13-7-21(8-14-23)11-17-25(31)29-19-5-3-1-2-4-6-20-30-26(32)18-12-22-9-15-24(28)16-10-22/h7-18H,1-6,19-20H2,(H,29,31)(H,30,32)/b17-11+,18-12+. The molecule has 2 amide bonds. The summed E-state index contributed by atoms with van der Waals surface area (Å²) in [6.07, 6.45) is 12.3. The number of halogens is 2. The maximum atomic E-state index is 12.8. The summed E-state index contributed by atoms with van der Waals surface area (Å²) in [6, 6.07) is 11.9. The lowest BCUT2D eigenvalue weighted by Gasteiger charge is -2.04. The molecule has 2 aromatic carbocycles. The van der Waals surface area contributed by atoms with Crippen molar-refractivity contribution in [3.05, 3.63) is 83.4 Å². The van der Waals surface area contributed by atoms with Crippen molar-refractivity contribution in [2.45, 2.75) is 38.5 Å². The van der Waals surface area contributed by atoms with Crippen LogP contribution in [0.2, 0.25) is 0 Å². The molecule has 4 nitrogen and oxygen atoms in total. The summed E-state index contributed by atoms with van der Waals surface area (Å²) in [7, 11) is 0. The molecule has 0 aliphatic carbocycles. The minimum Gasteiger partial charge on any atom is -0.353 e. The lowest BCUT2D eigenvalue weighted by atomic mass is 10.1. The van der Waals surface area contributed by atoms with Crippen LogP contribution in [-0.2, 0) is 9.59 Å². The smallest absolute Gasteiger partial charge is 0.243 e. The van der Waals surface area contributed by atoms with Gasteiger partial charge < -0.3 is 10.6 Å². The number of rotatable bonds is 13. The summed E-state index contributed by atoms with van der Waals surface area (Å²) in [4.78, 5) is 23.5. The second-order valence-electron chi connectivity index (χ2n) is 7.47. The zero-order valence-electron chi connectivity index (χ0n) is 18.2. The number of hydrogen-bond acceptors (Lipinski definition) is 2. The molecule has 2 aromatic rings. The first-order valence-corrected chi connectivity index (χ1v) is 11.0. The van der Waals surface area contributed by atoms with Crippen LogP contribution in [0.5, 0.6) is 0 Å². The highest BCUT2D eigenvalue weighted by Crippen LogP contribution is 2.06. The second-order valence-corrected chi connectivity index (χ2v) is 7.47. The van der Waals surface area contributed by atoms with Gasteiger partial charge in [-0.15, -0.1) is 0 Å². The second kappa shape index (κ2) is 14.7. The summed E-state index contributed by atoms with van der Waals surface area (Å²) in [6.45, 7) is 1.26. The van der Waals surface area contributed by atoms with Gasteiger partial charge in [-0.1, -0.05) is 49.9 Å². The average Bonchev–Trinajstić information content (AvgIpc) is 2.79. The van der Waals surface area contributed by atoms with E-state index in [4.69, 9.17) is 0 Å². The van der Waals surface area contributed by atoms with Gasteiger partial charge in [-0.3, -0.25) is 9.59 Å². The molecular weight excluding hydrogens is 410 g/mol. The van der Waals surface area contributed by atoms with E-state index in [-0.39, 0.29) is 23.4 Å². The average molecular weight is 441 g/mol. The van der Waals surface area contributed by atoms with Gasteiger partial charge in [0, 0.05) is 25.2 Å². The molecule has 2 N–H and O–H groups in total. The first-order valence-electron chi connectivity index (χ1n) is 11.0. The highest BCUT2D eigenvalue weighted by Gasteiger charge is 1.98. The van der Waals surface area contributed by atoms with E-state index in [1.54, 1.807) is 36.4 Å². The minimum absolute atomic E-state index is 0.154. The van der Waals surface area contributed by atoms with Gasteiger partial charge >= 0.3 is 0 Å². The molecule has 0 atom stereocenters. The first kappa shape index (κ1) is 25.0. The van der Waals surface area contributed by atoms with E-state index in [1.165, 1.54) is 36.4 Å². The van der Waals surface area contributed by atoms with Crippen LogP contribution < -0.4 is 10.6 Å². The zero-order chi connectivity index (χ0) is 23.0. The van der Waals surface area contributed by atoms with E-state index in [1.807, 2.05) is 0 Å². The molecule has 170 valence electrons.